The number of nitrogens with one attached hydrogen (secondary N) is 1. The maximum atomic E-state index is 5.35. The van der Waals surface area contributed by atoms with Crippen LogP contribution in [-0.2, 0) is 4.74 Å². The van der Waals surface area contributed by atoms with Gasteiger partial charge in [0.15, 0.2) is 0 Å². The molecule has 0 aromatic rings. The second kappa shape index (κ2) is 6.17. The number of rotatable bonds is 7. The van der Waals surface area contributed by atoms with Gasteiger partial charge >= 0.3 is 0 Å². The molecule has 2 nitrogen and oxygen atoms in total. The lowest BCUT2D eigenvalue weighted by atomic mass is 10.00. The first-order valence-electron chi connectivity index (χ1n) is 4.91. The predicted molar refractivity (Wildman–Crippen MR) is 58.0 cm³/mol. The smallest absolute Gasteiger partial charge is 0.0637 e. The zero-order chi connectivity index (χ0) is 10.3. The van der Waals surface area contributed by atoms with E-state index in [0.29, 0.717) is 6.04 Å². The molecule has 0 aliphatic rings. The van der Waals surface area contributed by atoms with Gasteiger partial charge in [-0.2, -0.15) is 0 Å². The Hall–Kier alpha value is -0.340. The highest BCUT2D eigenvalue weighted by molar-refractivity contribution is 4.76. The fraction of sp³-hybridized carbons (Fsp3) is 0.818. The van der Waals surface area contributed by atoms with Gasteiger partial charge < -0.3 is 10.1 Å². The molecule has 1 unspecified atom stereocenters. The van der Waals surface area contributed by atoms with Crippen LogP contribution >= 0.6 is 0 Å². The molecule has 0 spiro atoms. The lowest BCUT2D eigenvalue weighted by Gasteiger charge is -2.27. The minimum absolute atomic E-state index is 0.0272. The van der Waals surface area contributed by atoms with Crippen LogP contribution in [0.4, 0.5) is 0 Å². The summed E-state index contributed by atoms with van der Waals surface area (Å²) >= 11 is 0. The average molecular weight is 185 g/mol. The number of hydrogen-bond donors (Lipinski definition) is 1. The van der Waals surface area contributed by atoms with E-state index in [-0.39, 0.29) is 5.60 Å². The molecule has 0 aromatic carbocycles. The molecule has 0 fully saturated rings. The Morgan fingerprint density at radius 2 is 2.15 bits per heavy atom. The third-order valence-corrected chi connectivity index (χ3v) is 2.19. The van der Waals surface area contributed by atoms with E-state index in [1.807, 2.05) is 6.08 Å². The highest BCUT2D eigenvalue weighted by atomic mass is 16.5. The molecular formula is C11H23NO. The van der Waals surface area contributed by atoms with Crippen LogP contribution in [0.2, 0.25) is 0 Å². The average Bonchev–Trinajstić information content (AvgIpc) is 2.04. The Labute approximate surface area is 82.4 Å². The summed E-state index contributed by atoms with van der Waals surface area (Å²) in [6.45, 7) is 11.1. The standard InChI is InChI=1S/C11H23NO/c1-6-7-8-12-10(2)9-11(3,4)13-5/h6,10,12H,1,7-9H2,2-5H3. The number of hydrogen-bond acceptors (Lipinski definition) is 2. The summed E-state index contributed by atoms with van der Waals surface area (Å²) in [5.41, 5.74) is -0.0272. The van der Waals surface area contributed by atoms with Crippen LogP contribution in [0, 0.1) is 0 Å². The van der Waals surface area contributed by atoms with Gasteiger partial charge in [-0.1, -0.05) is 6.08 Å². The Bertz CT molecular complexity index is 143. The van der Waals surface area contributed by atoms with Crippen molar-refractivity contribution < 1.29 is 4.74 Å². The second-order valence-corrected chi connectivity index (χ2v) is 4.10. The van der Waals surface area contributed by atoms with Crippen LogP contribution in [0.1, 0.15) is 33.6 Å². The van der Waals surface area contributed by atoms with Crippen LogP contribution in [-0.4, -0.2) is 25.3 Å². The van der Waals surface area contributed by atoms with Gasteiger partial charge in [0.05, 0.1) is 5.60 Å². The van der Waals surface area contributed by atoms with Gasteiger partial charge in [-0.05, 0) is 40.2 Å². The van der Waals surface area contributed by atoms with Gasteiger partial charge in [-0.15, -0.1) is 6.58 Å². The largest absolute Gasteiger partial charge is 0.379 e. The van der Waals surface area contributed by atoms with Crippen molar-refractivity contribution in [2.24, 2.45) is 0 Å². The predicted octanol–water partition coefficient (Wildman–Crippen LogP) is 2.36. The number of methoxy groups -OCH3 is 1. The zero-order valence-electron chi connectivity index (χ0n) is 9.39. The third kappa shape index (κ3) is 6.79. The van der Waals surface area contributed by atoms with Gasteiger partial charge in [0.25, 0.3) is 0 Å². The van der Waals surface area contributed by atoms with Gasteiger partial charge in [0.1, 0.15) is 0 Å². The highest BCUT2D eigenvalue weighted by Crippen LogP contribution is 2.15. The van der Waals surface area contributed by atoms with E-state index in [1.165, 1.54) is 0 Å². The molecular weight excluding hydrogens is 162 g/mol. The topological polar surface area (TPSA) is 21.3 Å². The normalized spacial score (nSPS) is 14.2. The maximum absolute atomic E-state index is 5.35. The molecule has 0 amide bonds. The molecule has 0 rings (SSSR count). The van der Waals surface area contributed by atoms with Crippen molar-refractivity contribution in [1.82, 2.24) is 5.32 Å². The molecule has 0 aromatic heterocycles. The van der Waals surface area contributed by atoms with Crippen LogP contribution in [0.25, 0.3) is 0 Å². The minimum Gasteiger partial charge on any atom is -0.379 e. The third-order valence-electron chi connectivity index (χ3n) is 2.19. The van der Waals surface area contributed by atoms with Crippen molar-refractivity contribution in [2.45, 2.75) is 45.3 Å². The molecule has 1 atom stereocenters. The molecule has 13 heavy (non-hydrogen) atoms. The van der Waals surface area contributed by atoms with Gasteiger partial charge in [0, 0.05) is 13.2 Å². The quantitative estimate of drug-likeness (QED) is 0.485. The van der Waals surface area contributed by atoms with E-state index in [9.17, 15) is 0 Å². The van der Waals surface area contributed by atoms with E-state index < -0.39 is 0 Å². The number of ether oxygens (including phenoxy) is 1. The highest BCUT2D eigenvalue weighted by Gasteiger charge is 2.19. The van der Waals surface area contributed by atoms with Crippen molar-refractivity contribution in [3.63, 3.8) is 0 Å². The first-order valence-corrected chi connectivity index (χ1v) is 4.91. The van der Waals surface area contributed by atoms with Crippen LogP contribution in [0.5, 0.6) is 0 Å². The Morgan fingerprint density at radius 1 is 1.54 bits per heavy atom. The molecule has 1 N–H and O–H groups in total. The summed E-state index contributed by atoms with van der Waals surface area (Å²) in [5.74, 6) is 0. The minimum atomic E-state index is -0.0272. The Balaban J connectivity index is 3.60. The van der Waals surface area contributed by atoms with Gasteiger partial charge in [-0.3, -0.25) is 0 Å². The first-order chi connectivity index (χ1) is 6.02. The maximum Gasteiger partial charge on any atom is 0.0637 e. The Kier molecular flexibility index (Phi) is 6.00. The summed E-state index contributed by atoms with van der Waals surface area (Å²) < 4.78 is 5.35. The van der Waals surface area contributed by atoms with Crippen molar-refractivity contribution in [2.75, 3.05) is 13.7 Å². The van der Waals surface area contributed by atoms with Crippen molar-refractivity contribution >= 4 is 0 Å². The SMILES string of the molecule is C=CCCNC(C)CC(C)(C)OC. The van der Waals surface area contributed by atoms with E-state index >= 15 is 0 Å². The Morgan fingerprint density at radius 3 is 2.62 bits per heavy atom. The summed E-state index contributed by atoms with van der Waals surface area (Å²) in [6.07, 6.45) is 3.99. The fourth-order valence-corrected chi connectivity index (χ4v) is 1.32. The lowest BCUT2D eigenvalue weighted by Crippen LogP contribution is -2.36. The van der Waals surface area contributed by atoms with Gasteiger partial charge in [0.2, 0.25) is 0 Å². The summed E-state index contributed by atoms with van der Waals surface area (Å²) in [4.78, 5) is 0. The van der Waals surface area contributed by atoms with Crippen LogP contribution < -0.4 is 5.32 Å². The molecule has 0 radical (unpaired) electrons. The molecule has 0 heterocycles. The van der Waals surface area contributed by atoms with Crippen LogP contribution in [0.15, 0.2) is 12.7 Å². The molecule has 78 valence electrons. The van der Waals surface area contributed by atoms with Gasteiger partial charge in [-0.25, -0.2) is 0 Å². The summed E-state index contributed by atoms with van der Waals surface area (Å²) in [5, 5.41) is 3.42. The van der Waals surface area contributed by atoms with E-state index in [1.54, 1.807) is 7.11 Å². The van der Waals surface area contributed by atoms with E-state index in [0.717, 1.165) is 19.4 Å². The fourth-order valence-electron chi connectivity index (χ4n) is 1.32. The van der Waals surface area contributed by atoms with Crippen LogP contribution in [0.3, 0.4) is 0 Å². The second-order valence-electron chi connectivity index (χ2n) is 4.10. The van der Waals surface area contributed by atoms with E-state index in [2.05, 4.69) is 32.7 Å². The zero-order valence-corrected chi connectivity index (χ0v) is 9.39. The van der Waals surface area contributed by atoms with E-state index in [4.69, 9.17) is 4.74 Å². The molecule has 0 saturated heterocycles. The summed E-state index contributed by atoms with van der Waals surface area (Å²) in [7, 11) is 1.76. The molecule has 0 saturated carbocycles. The monoisotopic (exact) mass is 185 g/mol. The molecule has 0 bridgehead atoms. The molecule has 2 heteroatoms. The lowest BCUT2D eigenvalue weighted by molar-refractivity contribution is 0.00866. The first kappa shape index (κ1) is 12.7. The van der Waals surface area contributed by atoms with Crippen molar-refractivity contribution in [1.29, 1.82) is 0 Å². The summed E-state index contributed by atoms with van der Waals surface area (Å²) in [6, 6.07) is 0.495. The molecule has 0 aliphatic carbocycles. The van der Waals surface area contributed by atoms with Crippen molar-refractivity contribution in [3.8, 4) is 0 Å². The molecule has 0 aliphatic heterocycles. The van der Waals surface area contributed by atoms with Crippen molar-refractivity contribution in [3.05, 3.63) is 12.7 Å².